The summed E-state index contributed by atoms with van der Waals surface area (Å²) in [6.07, 6.45) is 6.28. The number of nitrogens with one attached hydrogen (secondary N) is 2. The Morgan fingerprint density at radius 1 is 1.16 bits per heavy atom. The number of hydrogen-bond acceptors (Lipinski definition) is 5. The molecule has 1 aliphatic carbocycles. The predicted octanol–water partition coefficient (Wildman–Crippen LogP) is 2.34. The number of amides is 2. The first-order valence-corrected chi connectivity index (χ1v) is 12.1. The van der Waals surface area contributed by atoms with Crippen molar-refractivity contribution in [2.45, 2.75) is 96.5 Å². The van der Waals surface area contributed by atoms with Crippen LogP contribution < -0.4 is 22.1 Å². The van der Waals surface area contributed by atoms with E-state index in [-0.39, 0.29) is 24.2 Å². The average molecular weight is 447 g/mol. The topological polar surface area (TPSA) is 130 Å². The van der Waals surface area contributed by atoms with Crippen LogP contribution in [0.15, 0.2) is 24.3 Å². The summed E-state index contributed by atoms with van der Waals surface area (Å²) in [7, 11) is 0. The Hall–Kier alpha value is -1.96. The fourth-order valence-corrected chi connectivity index (χ4v) is 4.44. The summed E-state index contributed by atoms with van der Waals surface area (Å²) in [6, 6.07) is 6.67. The van der Waals surface area contributed by atoms with E-state index < -0.39 is 18.2 Å². The van der Waals surface area contributed by atoms with Crippen molar-refractivity contribution in [1.29, 1.82) is 0 Å². The summed E-state index contributed by atoms with van der Waals surface area (Å²) in [4.78, 5) is 25.4. The number of carbonyl (C=O) groups excluding carboxylic acids is 2. The van der Waals surface area contributed by atoms with Crippen LogP contribution in [0, 0.1) is 11.8 Å². The van der Waals surface area contributed by atoms with Crippen LogP contribution in [0.3, 0.4) is 0 Å². The van der Waals surface area contributed by atoms with Gasteiger partial charge in [0.15, 0.2) is 0 Å². The van der Waals surface area contributed by atoms with E-state index in [4.69, 9.17) is 11.5 Å². The standard InChI is InChI=1S/C25H42N4O3/c1-17(2)11-22(25(32)28-16-20-10-6-9-19(12-20)15-26)29-24(31)14-23(30)21(27)13-18-7-4-3-5-8-18/h6,9-10,12,17-18,21-23,30H,3-5,7-8,11,13-16,26-27H2,1-2H3,(H,28,32)(H,29,31)/t21?,22-,23-/m0/s1. The van der Waals surface area contributed by atoms with Crippen molar-refractivity contribution in [2.75, 3.05) is 0 Å². The molecule has 0 aromatic heterocycles. The van der Waals surface area contributed by atoms with E-state index in [0.29, 0.717) is 25.4 Å². The van der Waals surface area contributed by atoms with Crippen molar-refractivity contribution < 1.29 is 14.7 Å². The van der Waals surface area contributed by atoms with Gasteiger partial charge < -0.3 is 27.2 Å². The summed E-state index contributed by atoms with van der Waals surface area (Å²) in [6.45, 7) is 4.82. The highest BCUT2D eigenvalue weighted by atomic mass is 16.3. The van der Waals surface area contributed by atoms with Gasteiger partial charge in [-0.1, -0.05) is 70.2 Å². The number of aliphatic hydroxyl groups excluding tert-OH is 1. The Labute approximate surface area is 192 Å². The molecule has 0 radical (unpaired) electrons. The van der Waals surface area contributed by atoms with Crippen LogP contribution in [-0.2, 0) is 22.7 Å². The number of rotatable bonds is 12. The fourth-order valence-electron chi connectivity index (χ4n) is 4.44. The predicted molar refractivity (Wildman–Crippen MR) is 127 cm³/mol. The molecular formula is C25H42N4O3. The van der Waals surface area contributed by atoms with Crippen molar-refractivity contribution in [3.8, 4) is 0 Å². The molecule has 0 bridgehead atoms. The number of nitrogens with two attached hydrogens (primary N) is 2. The summed E-state index contributed by atoms with van der Waals surface area (Å²) in [5, 5.41) is 16.2. The number of benzene rings is 1. The van der Waals surface area contributed by atoms with Gasteiger partial charge in [-0.3, -0.25) is 9.59 Å². The molecule has 3 atom stereocenters. The zero-order chi connectivity index (χ0) is 23.5. The van der Waals surface area contributed by atoms with E-state index in [1.165, 1.54) is 19.3 Å². The lowest BCUT2D eigenvalue weighted by atomic mass is 9.83. The van der Waals surface area contributed by atoms with Crippen LogP contribution >= 0.6 is 0 Å². The van der Waals surface area contributed by atoms with Gasteiger partial charge in [-0.25, -0.2) is 0 Å². The molecule has 0 aliphatic heterocycles. The van der Waals surface area contributed by atoms with E-state index >= 15 is 0 Å². The van der Waals surface area contributed by atoms with Gasteiger partial charge in [0, 0.05) is 19.1 Å². The van der Waals surface area contributed by atoms with E-state index in [0.717, 1.165) is 30.4 Å². The second kappa shape index (κ2) is 13.6. The Kier molecular flexibility index (Phi) is 11.1. The molecular weight excluding hydrogens is 404 g/mol. The molecule has 180 valence electrons. The summed E-state index contributed by atoms with van der Waals surface area (Å²) >= 11 is 0. The largest absolute Gasteiger partial charge is 0.391 e. The molecule has 1 aromatic carbocycles. The number of aliphatic hydroxyl groups is 1. The van der Waals surface area contributed by atoms with Crippen molar-refractivity contribution in [3.63, 3.8) is 0 Å². The van der Waals surface area contributed by atoms with Gasteiger partial charge in [-0.05, 0) is 35.8 Å². The number of hydrogen-bond donors (Lipinski definition) is 5. The summed E-state index contributed by atoms with van der Waals surface area (Å²) in [5.41, 5.74) is 13.8. The first kappa shape index (κ1) is 26.3. The highest BCUT2D eigenvalue weighted by Crippen LogP contribution is 2.27. The minimum absolute atomic E-state index is 0.0890. The highest BCUT2D eigenvalue weighted by molar-refractivity contribution is 5.87. The first-order valence-electron chi connectivity index (χ1n) is 12.1. The molecule has 1 aliphatic rings. The third kappa shape index (κ3) is 9.27. The van der Waals surface area contributed by atoms with E-state index in [1.54, 1.807) is 0 Å². The van der Waals surface area contributed by atoms with Crippen LogP contribution in [-0.4, -0.2) is 35.1 Å². The molecule has 7 nitrogen and oxygen atoms in total. The summed E-state index contributed by atoms with van der Waals surface area (Å²) < 4.78 is 0. The normalized spacial score (nSPS) is 17.6. The monoisotopic (exact) mass is 446 g/mol. The molecule has 0 spiro atoms. The van der Waals surface area contributed by atoms with Crippen molar-refractivity contribution >= 4 is 11.8 Å². The maximum atomic E-state index is 12.8. The molecule has 2 rings (SSSR count). The van der Waals surface area contributed by atoms with E-state index in [1.807, 2.05) is 38.1 Å². The van der Waals surface area contributed by atoms with Gasteiger partial charge in [-0.2, -0.15) is 0 Å². The van der Waals surface area contributed by atoms with Crippen molar-refractivity contribution in [2.24, 2.45) is 23.3 Å². The average Bonchev–Trinajstić information content (AvgIpc) is 2.77. The second-order valence-electron chi connectivity index (χ2n) is 9.67. The molecule has 1 fully saturated rings. The fraction of sp³-hybridized carbons (Fsp3) is 0.680. The molecule has 1 aromatic rings. The van der Waals surface area contributed by atoms with Crippen molar-refractivity contribution in [3.05, 3.63) is 35.4 Å². The Morgan fingerprint density at radius 3 is 2.50 bits per heavy atom. The van der Waals surface area contributed by atoms with E-state index in [2.05, 4.69) is 10.6 Å². The Balaban J connectivity index is 1.86. The quantitative estimate of drug-likeness (QED) is 0.336. The van der Waals surface area contributed by atoms with Gasteiger partial charge in [0.2, 0.25) is 11.8 Å². The molecule has 0 heterocycles. The maximum Gasteiger partial charge on any atom is 0.242 e. The van der Waals surface area contributed by atoms with Gasteiger partial charge in [0.1, 0.15) is 6.04 Å². The van der Waals surface area contributed by atoms with Crippen LogP contribution in [0.1, 0.15) is 76.3 Å². The minimum Gasteiger partial charge on any atom is -0.391 e. The van der Waals surface area contributed by atoms with Gasteiger partial charge in [0.25, 0.3) is 0 Å². The molecule has 32 heavy (non-hydrogen) atoms. The summed E-state index contributed by atoms with van der Waals surface area (Å²) in [5.74, 6) is 0.188. The molecule has 2 amide bonds. The second-order valence-corrected chi connectivity index (χ2v) is 9.67. The molecule has 0 saturated heterocycles. The molecule has 1 saturated carbocycles. The maximum absolute atomic E-state index is 12.8. The third-order valence-corrected chi connectivity index (χ3v) is 6.27. The lowest BCUT2D eigenvalue weighted by Gasteiger charge is -2.27. The number of carbonyl (C=O) groups is 2. The van der Waals surface area contributed by atoms with E-state index in [9.17, 15) is 14.7 Å². The van der Waals surface area contributed by atoms with Crippen LogP contribution in [0.4, 0.5) is 0 Å². The first-order chi connectivity index (χ1) is 15.3. The lowest BCUT2D eigenvalue weighted by molar-refractivity contribution is -0.130. The van der Waals surface area contributed by atoms with Gasteiger partial charge in [0.05, 0.1) is 12.5 Å². The van der Waals surface area contributed by atoms with Crippen molar-refractivity contribution in [1.82, 2.24) is 10.6 Å². The van der Waals surface area contributed by atoms with Crippen LogP contribution in [0.2, 0.25) is 0 Å². The molecule has 7 N–H and O–H groups in total. The van der Waals surface area contributed by atoms with Gasteiger partial charge >= 0.3 is 0 Å². The lowest BCUT2D eigenvalue weighted by Crippen LogP contribution is -2.49. The minimum atomic E-state index is -0.904. The van der Waals surface area contributed by atoms with Crippen LogP contribution in [0.25, 0.3) is 0 Å². The third-order valence-electron chi connectivity index (χ3n) is 6.27. The zero-order valence-electron chi connectivity index (χ0n) is 19.7. The smallest absolute Gasteiger partial charge is 0.242 e. The highest BCUT2D eigenvalue weighted by Gasteiger charge is 2.26. The Morgan fingerprint density at radius 2 is 1.84 bits per heavy atom. The zero-order valence-corrected chi connectivity index (χ0v) is 19.7. The van der Waals surface area contributed by atoms with Crippen LogP contribution in [0.5, 0.6) is 0 Å². The Bertz CT molecular complexity index is 719. The van der Waals surface area contributed by atoms with Gasteiger partial charge in [-0.15, -0.1) is 0 Å². The molecule has 1 unspecified atom stereocenters. The molecule has 7 heteroatoms. The SMILES string of the molecule is CC(C)C[C@H](NC(=O)C[C@H](O)C(N)CC1CCCCC1)C(=O)NCc1cccc(CN)c1.